The lowest BCUT2D eigenvalue weighted by Crippen LogP contribution is -2.56. The third-order valence-electron chi connectivity index (χ3n) is 7.36. The van der Waals surface area contributed by atoms with E-state index in [9.17, 15) is 4.79 Å². The lowest BCUT2D eigenvalue weighted by atomic mass is 9.77. The number of benzene rings is 1. The number of hydrogen-bond acceptors (Lipinski definition) is 3. The second kappa shape index (κ2) is 6.26. The van der Waals surface area contributed by atoms with Gasteiger partial charge in [0.1, 0.15) is 5.75 Å². The number of nitrogens with zero attached hydrogens (tertiary/aromatic N) is 2. The molecule has 1 N–H and O–H groups in total. The van der Waals surface area contributed by atoms with Crippen LogP contribution in [0.3, 0.4) is 0 Å². The molecular formula is C22H29N3O2. The van der Waals surface area contributed by atoms with Crippen LogP contribution in [0.5, 0.6) is 5.75 Å². The Morgan fingerprint density at radius 3 is 2.67 bits per heavy atom. The lowest BCUT2D eigenvalue weighted by Gasteiger charge is -2.50. The van der Waals surface area contributed by atoms with Crippen molar-refractivity contribution in [2.24, 2.45) is 5.92 Å². The summed E-state index contributed by atoms with van der Waals surface area (Å²) in [5.41, 5.74) is 4.04. The van der Waals surface area contributed by atoms with Crippen LogP contribution in [0, 0.1) is 5.92 Å². The van der Waals surface area contributed by atoms with Gasteiger partial charge in [-0.15, -0.1) is 0 Å². The fourth-order valence-corrected chi connectivity index (χ4v) is 5.34. The number of piperidine rings is 1. The van der Waals surface area contributed by atoms with E-state index in [0.717, 1.165) is 57.5 Å². The fraction of sp³-hybridized carbons (Fsp3) is 0.591. The van der Waals surface area contributed by atoms with Crippen LogP contribution in [0.1, 0.15) is 43.4 Å². The molecule has 5 nitrogen and oxygen atoms in total. The standard InChI is InChI=1S/C22H29N3O2/c1-24-11-8-17-18-14-16(27-2)6-7-19(18)23-20(17)22(24)9-12-25(13-10-22)21(26)15-4-3-5-15/h6-7,14-15,23H,3-5,8-13H2,1-2H3. The molecule has 1 aromatic heterocycles. The number of H-pyrrole nitrogens is 1. The molecule has 2 aliphatic heterocycles. The Kier molecular flexibility index (Phi) is 3.97. The van der Waals surface area contributed by atoms with E-state index in [4.69, 9.17) is 4.74 Å². The predicted octanol–water partition coefficient (Wildman–Crippen LogP) is 3.28. The fourth-order valence-electron chi connectivity index (χ4n) is 5.34. The van der Waals surface area contributed by atoms with Gasteiger partial charge in [0.2, 0.25) is 5.91 Å². The van der Waals surface area contributed by atoms with Crippen LogP contribution < -0.4 is 4.74 Å². The molecule has 0 bridgehead atoms. The first-order chi connectivity index (χ1) is 13.1. The van der Waals surface area contributed by atoms with E-state index in [1.54, 1.807) is 7.11 Å². The van der Waals surface area contributed by atoms with Gasteiger partial charge in [-0.05, 0) is 62.9 Å². The average Bonchev–Trinajstić information content (AvgIpc) is 3.03. The van der Waals surface area contributed by atoms with Gasteiger partial charge in [0.25, 0.3) is 0 Å². The number of carbonyl (C=O) groups is 1. The second-order valence-electron chi connectivity index (χ2n) is 8.55. The average molecular weight is 367 g/mol. The van der Waals surface area contributed by atoms with Crippen LogP contribution >= 0.6 is 0 Å². The molecule has 0 atom stereocenters. The summed E-state index contributed by atoms with van der Waals surface area (Å²) in [7, 11) is 3.98. The summed E-state index contributed by atoms with van der Waals surface area (Å²) in [6.45, 7) is 2.81. The summed E-state index contributed by atoms with van der Waals surface area (Å²) in [5.74, 6) is 1.62. The molecule has 5 heteroatoms. The van der Waals surface area contributed by atoms with Crippen molar-refractivity contribution in [3.05, 3.63) is 29.5 Å². The van der Waals surface area contributed by atoms with Crippen molar-refractivity contribution in [2.45, 2.75) is 44.1 Å². The number of aromatic nitrogens is 1. The summed E-state index contributed by atoms with van der Waals surface area (Å²) >= 11 is 0. The van der Waals surface area contributed by atoms with Gasteiger partial charge in [-0.25, -0.2) is 0 Å². The van der Waals surface area contributed by atoms with Gasteiger partial charge in [-0.1, -0.05) is 6.42 Å². The van der Waals surface area contributed by atoms with Crippen molar-refractivity contribution in [3.63, 3.8) is 0 Å². The molecule has 3 heterocycles. The van der Waals surface area contributed by atoms with E-state index in [0.29, 0.717) is 11.8 Å². The summed E-state index contributed by atoms with van der Waals surface area (Å²) in [4.78, 5) is 21.1. The number of aromatic amines is 1. The van der Waals surface area contributed by atoms with Gasteiger partial charge in [0, 0.05) is 42.1 Å². The predicted molar refractivity (Wildman–Crippen MR) is 106 cm³/mol. The highest BCUT2D eigenvalue weighted by Crippen LogP contribution is 2.45. The van der Waals surface area contributed by atoms with Crippen LogP contribution in [-0.2, 0) is 16.8 Å². The molecular weight excluding hydrogens is 338 g/mol. The molecule has 144 valence electrons. The van der Waals surface area contributed by atoms with Gasteiger partial charge in [0.15, 0.2) is 0 Å². The Bertz CT molecular complexity index is 875. The molecule has 3 aliphatic rings. The van der Waals surface area contributed by atoms with E-state index in [1.165, 1.54) is 28.6 Å². The molecule has 0 radical (unpaired) electrons. The van der Waals surface area contributed by atoms with E-state index < -0.39 is 0 Å². The SMILES string of the molecule is COc1ccc2[nH]c3c(c2c1)CCN(C)C31CCN(C(=O)C2CCC2)CC1. The van der Waals surface area contributed by atoms with Crippen molar-refractivity contribution in [1.29, 1.82) is 0 Å². The minimum absolute atomic E-state index is 0.0240. The number of ether oxygens (including phenoxy) is 1. The van der Waals surface area contributed by atoms with Crippen molar-refractivity contribution in [1.82, 2.24) is 14.8 Å². The number of carbonyl (C=O) groups excluding carboxylic acids is 1. The van der Waals surface area contributed by atoms with Gasteiger partial charge >= 0.3 is 0 Å². The maximum Gasteiger partial charge on any atom is 0.225 e. The third-order valence-corrected chi connectivity index (χ3v) is 7.36. The zero-order valence-electron chi connectivity index (χ0n) is 16.4. The van der Waals surface area contributed by atoms with Crippen molar-refractivity contribution in [3.8, 4) is 5.75 Å². The number of likely N-dealkylation sites (tertiary alicyclic amines) is 1. The van der Waals surface area contributed by atoms with Crippen LogP contribution in [0.2, 0.25) is 0 Å². The van der Waals surface area contributed by atoms with Gasteiger partial charge in [0.05, 0.1) is 12.6 Å². The summed E-state index contributed by atoms with van der Waals surface area (Å²) in [6, 6.07) is 6.33. The highest BCUT2D eigenvalue weighted by molar-refractivity contribution is 5.87. The molecule has 1 saturated carbocycles. The zero-order chi connectivity index (χ0) is 18.6. The molecule has 1 saturated heterocycles. The topological polar surface area (TPSA) is 48.6 Å². The second-order valence-corrected chi connectivity index (χ2v) is 8.55. The maximum atomic E-state index is 12.7. The molecule has 0 unspecified atom stereocenters. The van der Waals surface area contributed by atoms with Gasteiger partial charge < -0.3 is 14.6 Å². The van der Waals surface area contributed by atoms with Gasteiger partial charge in [-0.2, -0.15) is 0 Å². The van der Waals surface area contributed by atoms with E-state index in [2.05, 4.69) is 34.0 Å². The summed E-state index contributed by atoms with van der Waals surface area (Å²) < 4.78 is 5.45. The number of rotatable bonds is 2. The number of fused-ring (bicyclic) bond motifs is 4. The molecule has 27 heavy (non-hydrogen) atoms. The number of methoxy groups -OCH3 is 1. The Morgan fingerprint density at radius 2 is 2.00 bits per heavy atom. The Hall–Kier alpha value is -2.01. The highest BCUT2D eigenvalue weighted by Gasteiger charge is 2.46. The molecule has 2 aromatic rings. The van der Waals surface area contributed by atoms with Crippen LogP contribution in [0.25, 0.3) is 10.9 Å². The minimum Gasteiger partial charge on any atom is -0.497 e. The van der Waals surface area contributed by atoms with Gasteiger partial charge in [-0.3, -0.25) is 9.69 Å². The first-order valence-electron chi connectivity index (χ1n) is 10.3. The lowest BCUT2D eigenvalue weighted by molar-refractivity contribution is -0.141. The van der Waals surface area contributed by atoms with Crippen molar-refractivity contribution in [2.75, 3.05) is 33.8 Å². The Morgan fingerprint density at radius 1 is 1.22 bits per heavy atom. The number of hydrogen-bond donors (Lipinski definition) is 1. The van der Waals surface area contributed by atoms with Crippen molar-refractivity contribution < 1.29 is 9.53 Å². The quantitative estimate of drug-likeness (QED) is 0.886. The van der Waals surface area contributed by atoms with Crippen molar-refractivity contribution >= 4 is 16.8 Å². The van der Waals surface area contributed by atoms with E-state index in [1.807, 2.05) is 6.07 Å². The largest absolute Gasteiger partial charge is 0.497 e. The highest BCUT2D eigenvalue weighted by atomic mass is 16.5. The van der Waals surface area contributed by atoms with Crippen LogP contribution in [0.4, 0.5) is 0 Å². The zero-order valence-corrected chi connectivity index (χ0v) is 16.4. The normalized spacial score (nSPS) is 22.7. The maximum absolute atomic E-state index is 12.7. The molecule has 1 aliphatic carbocycles. The molecule has 1 aromatic carbocycles. The first kappa shape index (κ1) is 17.1. The number of nitrogens with one attached hydrogen (secondary N) is 1. The minimum atomic E-state index is 0.0240. The summed E-state index contributed by atoms with van der Waals surface area (Å²) in [5, 5.41) is 1.30. The van der Waals surface area contributed by atoms with E-state index >= 15 is 0 Å². The Labute approximate surface area is 160 Å². The summed E-state index contributed by atoms with van der Waals surface area (Å²) in [6.07, 6.45) is 6.49. The molecule has 1 spiro atoms. The van der Waals surface area contributed by atoms with Crippen LogP contribution in [0.15, 0.2) is 18.2 Å². The molecule has 1 amide bonds. The van der Waals surface area contributed by atoms with E-state index in [-0.39, 0.29) is 5.54 Å². The third kappa shape index (κ3) is 2.51. The van der Waals surface area contributed by atoms with Crippen LogP contribution in [-0.4, -0.2) is 54.5 Å². The monoisotopic (exact) mass is 367 g/mol. The molecule has 2 fully saturated rings. The number of amides is 1. The molecule has 5 rings (SSSR count). The number of likely N-dealkylation sites (N-methyl/N-ethyl adjacent to an activating group) is 1. The first-order valence-corrected chi connectivity index (χ1v) is 10.3. The Balaban J connectivity index is 1.47. The smallest absolute Gasteiger partial charge is 0.225 e.